The second-order valence-electron chi connectivity index (χ2n) is 6.11. The Bertz CT molecular complexity index is 602. The Labute approximate surface area is 133 Å². The summed E-state index contributed by atoms with van der Waals surface area (Å²) in [6, 6.07) is 8.10. The van der Waals surface area contributed by atoms with Crippen LogP contribution in [0.1, 0.15) is 19.4 Å². The van der Waals surface area contributed by atoms with Crippen LogP contribution in [-0.2, 0) is 25.6 Å². The minimum absolute atomic E-state index is 0.0883. The van der Waals surface area contributed by atoms with Crippen molar-refractivity contribution in [2.24, 2.45) is 0 Å². The van der Waals surface area contributed by atoms with Crippen LogP contribution in [0.4, 0.5) is 4.79 Å². The number of hydrogen-bond donors (Lipinski definition) is 1. The van der Waals surface area contributed by atoms with E-state index in [2.05, 4.69) is 0 Å². The Morgan fingerprint density at radius 2 is 2.00 bits per heavy atom. The maximum absolute atomic E-state index is 12.3. The van der Waals surface area contributed by atoms with Gasteiger partial charge in [-0.25, -0.2) is 9.59 Å². The lowest BCUT2D eigenvalue weighted by Gasteiger charge is -2.26. The van der Waals surface area contributed by atoms with Gasteiger partial charge in [0.1, 0.15) is 18.8 Å². The summed E-state index contributed by atoms with van der Waals surface area (Å²) in [6.45, 7) is 3.67. The Balaban J connectivity index is 1.67. The smallest absolute Gasteiger partial charge is 0.411 e. The highest BCUT2D eigenvalue weighted by molar-refractivity contribution is 5.82. The van der Waals surface area contributed by atoms with Gasteiger partial charge in [0.25, 0.3) is 0 Å². The molecule has 1 N–H and O–H groups in total. The van der Waals surface area contributed by atoms with Crippen molar-refractivity contribution in [3.8, 4) is 0 Å². The van der Waals surface area contributed by atoms with Crippen LogP contribution in [-0.4, -0.2) is 52.7 Å². The van der Waals surface area contributed by atoms with E-state index in [1.165, 1.54) is 0 Å². The van der Waals surface area contributed by atoms with Gasteiger partial charge in [0.2, 0.25) is 0 Å². The van der Waals surface area contributed by atoms with Crippen LogP contribution < -0.4 is 0 Å². The SMILES string of the molecule is CC1(C)O[C@H]2[C@H](CN(C(=O)OCc3ccccc3)[C@@H]2C(=O)O)O1. The number of carbonyl (C=O) groups excluding carboxylic acids is 1. The first-order valence-electron chi connectivity index (χ1n) is 7.43. The van der Waals surface area contributed by atoms with Gasteiger partial charge >= 0.3 is 12.1 Å². The van der Waals surface area contributed by atoms with Crippen molar-refractivity contribution in [2.75, 3.05) is 6.54 Å². The molecule has 1 aromatic rings. The van der Waals surface area contributed by atoms with E-state index < -0.39 is 36.1 Å². The summed E-state index contributed by atoms with van der Waals surface area (Å²) in [5, 5.41) is 9.45. The molecule has 0 saturated carbocycles. The van der Waals surface area contributed by atoms with Gasteiger partial charge in [-0.15, -0.1) is 0 Å². The highest BCUT2D eigenvalue weighted by Gasteiger charge is 2.57. The summed E-state index contributed by atoms with van der Waals surface area (Å²) in [4.78, 5) is 25.0. The maximum Gasteiger partial charge on any atom is 0.411 e. The zero-order valence-electron chi connectivity index (χ0n) is 13.0. The summed E-state index contributed by atoms with van der Waals surface area (Å²) >= 11 is 0. The van der Waals surface area contributed by atoms with Gasteiger partial charge in [-0.05, 0) is 19.4 Å². The number of hydrogen-bond acceptors (Lipinski definition) is 5. The number of benzene rings is 1. The average Bonchev–Trinajstić information content (AvgIpc) is 2.97. The largest absolute Gasteiger partial charge is 0.480 e. The second kappa shape index (κ2) is 5.82. The Morgan fingerprint density at radius 3 is 2.65 bits per heavy atom. The number of carbonyl (C=O) groups is 2. The number of amides is 1. The molecule has 23 heavy (non-hydrogen) atoms. The van der Waals surface area contributed by atoms with Crippen LogP contribution in [0, 0.1) is 0 Å². The summed E-state index contributed by atoms with van der Waals surface area (Å²) in [5.74, 6) is -1.97. The number of nitrogens with zero attached hydrogens (tertiary/aromatic N) is 1. The zero-order valence-corrected chi connectivity index (χ0v) is 13.0. The molecule has 2 fully saturated rings. The first-order valence-corrected chi connectivity index (χ1v) is 7.43. The normalized spacial score (nSPS) is 28.4. The van der Waals surface area contributed by atoms with E-state index >= 15 is 0 Å². The minimum atomic E-state index is -1.13. The number of carboxylic acids is 1. The lowest BCUT2D eigenvalue weighted by molar-refractivity contribution is -0.168. The molecule has 2 aliphatic rings. The van der Waals surface area contributed by atoms with Crippen LogP contribution in [0.3, 0.4) is 0 Å². The van der Waals surface area contributed by atoms with Crippen molar-refractivity contribution in [2.45, 2.75) is 44.5 Å². The van der Waals surface area contributed by atoms with E-state index in [0.29, 0.717) is 0 Å². The van der Waals surface area contributed by atoms with Crippen molar-refractivity contribution < 1.29 is 28.9 Å². The number of carboxylic acid groups (broad SMARTS) is 1. The fraction of sp³-hybridized carbons (Fsp3) is 0.500. The van der Waals surface area contributed by atoms with Crippen molar-refractivity contribution in [3.63, 3.8) is 0 Å². The predicted molar refractivity (Wildman–Crippen MR) is 78.6 cm³/mol. The van der Waals surface area contributed by atoms with Gasteiger partial charge in [0.05, 0.1) is 6.54 Å². The monoisotopic (exact) mass is 321 g/mol. The number of aliphatic carboxylic acids is 1. The van der Waals surface area contributed by atoms with E-state index in [0.717, 1.165) is 10.5 Å². The molecule has 0 aromatic heterocycles. The van der Waals surface area contributed by atoms with Gasteiger partial charge in [-0.3, -0.25) is 4.90 Å². The number of fused-ring (bicyclic) bond motifs is 1. The topological polar surface area (TPSA) is 85.3 Å². The van der Waals surface area contributed by atoms with Crippen molar-refractivity contribution in [1.82, 2.24) is 4.90 Å². The molecule has 0 unspecified atom stereocenters. The molecule has 7 nitrogen and oxygen atoms in total. The highest BCUT2D eigenvalue weighted by Crippen LogP contribution is 2.37. The van der Waals surface area contributed by atoms with E-state index in [1.54, 1.807) is 13.8 Å². The van der Waals surface area contributed by atoms with E-state index in [4.69, 9.17) is 14.2 Å². The quantitative estimate of drug-likeness (QED) is 0.910. The standard InChI is InChI=1S/C16H19NO6/c1-16(2)22-11-8-17(12(14(18)19)13(11)23-16)15(20)21-9-10-6-4-3-5-7-10/h3-7,11-13H,8-9H2,1-2H3,(H,18,19)/t11-,12-,13-/m0/s1. The molecular formula is C16H19NO6. The molecule has 1 aromatic carbocycles. The molecule has 0 spiro atoms. The summed E-state index contributed by atoms with van der Waals surface area (Å²) in [7, 11) is 0. The zero-order chi connectivity index (χ0) is 16.6. The van der Waals surface area contributed by atoms with E-state index in [-0.39, 0.29) is 13.2 Å². The molecule has 124 valence electrons. The van der Waals surface area contributed by atoms with Crippen molar-refractivity contribution in [3.05, 3.63) is 35.9 Å². The number of rotatable bonds is 3. The third-order valence-corrected chi connectivity index (χ3v) is 3.94. The summed E-state index contributed by atoms with van der Waals surface area (Å²) in [6.07, 6.45) is -1.83. The van der Waals surface area contributed by atoms with Gasteiger partial charge in [0.15, 0.2) is 11.8 Å². The first-order chi connectivity index (χ1) is 10.9. The third kappa shape index (κ3) is 3.16. The molecule has 1 amide bonds. The lowest BCUT2D eigenvalue weighted by Crippen LogP contribution is -2.47. The van der Waals surface area contributed by atoms with Crippen molar-refractivity contribution >= 4 is 12.1 Å². The Kier molecular flexibility index (Phi) is 3.99. The number of likely N-dealkylation sites (tertiary alicyclic amines) is 1. The van der Waals surface area contributed by atoms with Crippen LogP contribution in [0.2, 0.25) is 0 Å². The molecule has 3 rings (SSSR count). The van der Waals surface area contributed by atoms with E-state index in [1.807, 2.05) is 30.3 Å². The minimum Gasteiger partial charge on any atom is -0.480 e. The van der Waals surface area contributed by atoms with Crippen molar-refractivity contribution in [1.29, 1.82) is 0 Å². The fourth-order valence-electron chi connectivity index (χ4n) is 3.02. The Hall–Kier alpha value is -2.12. The van der Waals surface area contributed by atoms with E-state index in [9.17, 15) is 14.7 Å². The molecule has 3 atom stereocenters. The number of ether oxygens (including phenoxy) is 3. The Morgan fingerprint density at radius 1 is 1.30 bits per heavy atom. The predicted octanol–water partition coefficient (Wildman–Crippen LogP) is 1.61. The molecule has 2 saturated heterocycles. The lowest BCUT2D eigenvalue weighted by atomic mass is 10.1. The average molecular weight is 321 g/mol. The molecule has 7 heteroatoms. The summed E-state index contributed by atoms with van der Waals surface area (Å²) in [5.41, 5.74) is 0.834. The van der Waals surface area contributed by atoms with Crippen LogP contribution in [0.25, 0.3) is 0 Å². The van der Waals surface area contributed by atoms with Gasteiger partial charge in [0, 0.05) is 0 Å². The highest BCUT2D eigenvalue weighted by atomic mass is 16.8. The first kappa shape index (κ1) is 15.8. The van der Waals surface area contributed by atoms with Gasteiger partial charge in [-0.2, -0.15) is 0 Å². The molecule has 2 heterocycles. The third-order valence-electron chi connectivity index (χ3n) is 3.94. The second-order valence-corrected chi connectivity index (χ2v) is 6.11. The molecule has 0 radical (unpaired) electrons. The van der Waals surface area contributed by atoms with Gasteiger partial charge in [-0.1, -0.05) is 30.3 Å². The molecular weight excluding hydrogens is 302 g/mol. The summed E-state index contributed by atoms with van der Waals surface area (Å²) < 4.78 is 16.5. The maximum atomic E-state index is 12.3. The van der Waals surface area contributed by atoms with Gasteiger partial charge < -0.3 is 19.3 Å². The fourth-order valence-corrected chi connectivity index (χ4v) is 3.02. The molecule has 0 bridgehead atoms. The van der Waals surface area contributed by atoms with Crippen LogP contribution in [0.15, 0.2) is 30.3 Å². The molecule has 2 aliphatic heterocycles. The molecule has 0 aliphatic carbocycles. The van der Waals surface area contributed by atoms with Crippen LogP contribution >= 0.6 is 0 Å². The van der Waals surface area contributed by atoms with Crippen LogP contribution in [0.5, 0.6) is 0 Å².